The van der Waals surface area contributed by atoms with Gasteiger partial charge < -0.3 is 0 Å². The molecule has 0 radical (unpaired) electrons. The van der Waals surface area contributed by atoms with Crippen molar-refractivity contribution in [1.29, 1.82) is 0 Å². The van der Waals surface area contributed by atoms with Crippen molar-refractivity contribution in [3.05, 3.63) is 11.9 Å². The van der Waals surface area contributed by atoms with Crippen LogP contribution < -0.4 is 0 Å². The quantitative estimate of drug-likeness (QED) is 0.835. The van der Waals surface area contributed by atoms with Gasteiger partial charge in [0, 0.05) is 10.7 Å². The SMILES string of the molecule is CCC(C)(C)Cc1[nH]ncc1S(=O)(=O)Cl. The number of aromatic nitrogens is 2. The monoisotopic (exact) mass is 250 g/mol. The third-order valence-corrected chi connectivity index (χ3v) is 3.93. The Bertz CT molecular complexity index is 437. The fourth-order valence-electron chi connectivity index (χ4n) is 1.24. The van der Waals surface area contributed by atoms with E-state index in [1.807, 2.05) is 0 Å². The van der Waals surface area contributed by atoms with Crippen molar-refractivity contribution in [3.63, 3.8) is 0 Å². The molecule has 0 unspecified atom stereocenters. The Hall–Kier alpha value is -0.550. The number of aromatic amines is 1. The Labute approximate surface area is 94.5 Å². The van der Waals surface area contributed by atoms with Gasteiger partial charge in [0.15, 0.2) is 0 Å². The molecule has 0 aliphatic heterocycles. The van der Waals surface area contributed by atoms with E-state index in [4.69, 9.17) is 10.7 Å². The Morgan fingerprint density at radius 2 is 2.13 bits per heavy atom. The van der Waals surface area contributed by atoms with Crippen LogP contribution in [0.5, 0.6) is 0 Å². The van der Waals surface area contributed by atoms with Crippen LogP contribution in [0.1, 0.15) is 32.9 Å². The summed E-state index contributed by atoms with van der Waals surface area (Å²) in [6.07, 6.45) is 2.82. The molecular formula is C9H15ClN2O2S. The molecule has 1 heterocycles. The van der Waals surface area contributed by atoms with Crippen molar-refractivity contribution in [3.8, 4) is 0 Å². The van der Waals surface area contributed by atoms with Gasteiger partial charge in [0.2, 0.25) is 0 Å². The van der Waals surface area contributed by atoms with Crippen molar-refractivity contribution < 1.29 is 8.42 Å². The summed E-state index contributed by atoms with van der Waals surface area (Å²) in [6.45, 7) is 6.20. The third-order valence-electron chi connectivity index (χ3n) is 2.55. The second-order valence-electron chi connectivity index (χ2n) is 4.35. The normalized spacial score (nSPS) is 13.1. The highest BCUT2D eigenvalue weighted by Crippen LogP contribution is 2.28. The second kappa shape index (κ2) is 4.14. The summed E-state index contributed by atoms with van der Waals surface area (Å²) < 4.78 is 22.4. The van der Waals surface area contributed by atoms with Crippen LogP contribution in [0.25, 0.3) is 0 Å². The highest BCUT2D eigenvalue weighted by molar-refractivity contribution is 8.13. The highest BCUT2D eigenvalue weighted by Gasteiger charge is 2.23. The Kier molecular flexibility index (Phi) is 3.45. The predicted octanol–water partition coefficient (Wildman–Crippen LogP) is 2.32. The van der Waals surface area contributed by atoms with E-state index in [0.29, 0.717) is 12.1 Å². The highest BCUT2D eigenvalue weighted by atomic mass is 35.7. The summed E-state index contributed by atoms with van der Waals surface area (Å²) in [4.78, 5) is 0.0886. The van der Waals surface area contributed by atoms with Crippen molar-refractivity contribution >= 4 is 19.7 Å². The molecule has 0 saturated heterocycles. The van der Waals surface area contributed by atoms with E-state index in [1.54, 1.807) is 0 Å². The number of hydrogen-bond acceptors (Lipinski definition) is 3. The van der Waals surface area contributed by atoms with Gasteiger partial charge in [-0.1, -0.05) is 27.2 Å². The summed E-state index contributed by atoms with van der Waals surface area (Å²) in [7, 11) is 1.60. The van der Waals surface area contributed by atoms with Crippen molar-refractivity contribution in [2.45, 2.75) is 38.5 Å². The first kappa shape index (κ1) is 12.5. The smallest absolute Gasteiger partial charge is 0.264 e. The van der Waals surface area contributed by atoms with E-state index in [-0.39, 0.29) is 10.3 Å². The average molecular weight is 251 g/mol. The fourth-order valence-corrected chi connectivity index (χ4v) is 2.23. The molecule has 86 valence electrons. The predicted molar refractivity (Wildman–Crippen MR) is 59.4 cm³/mol. The molecule has 1 aromatic heterocycles. The van der Waals surface area contributed by atoms with Crippen LogP contribution >= 0.6 is 10.7 Å². The van der Waals surface area contributed by atoms with Gasteiger partial charge in [-0.3, -0.25) is 5.10 Å². The van der Waals surface area contributed by atoms with Crippen molar-refractivity contribution in [2.75, 3.05) is 0 Å². The van der Waals surface area contributed by atoms with Crippen LogP contribution in [0.4, 0.5) is 0 Å². The van der Waals surface area contributed by atoms with Gasteiger partial charge in [-0.25, -0.2) is 8.42 Å². The maximum absolute atomic E-state index is 11.2. The van der Waals surface area contributed by atoms with E-state index >= 15 is 0 Å². The van der Waals surface area contributed by atoms with Gasteiger partial charge in [0.25, 0.3) is 9.05 Å². The lowest BCUT2D eigenvalue weighted by Crippen LogP contribution is -2.15. The number of nitrogens with zero attached hydrogens (tertiary/aromatic N) is 1. The van der Waals surface area contributed by atoms with Gasteiger partial charge >= 0.3 is 0 Å². The first-order valence-electron chi connectivity index (χ1n) is 4.73. The molecule has 0 fully saturated rings. The number of rotatable bonds is 4. The van der Waals surface area contributed by atoms with Gasteiger partial charge in [-0.15, -0.1) is 0 Å². The zero-order valence-electron chi connectivity index (χ0n) is 9.04. The van der Waals surface area contributed by atoms with Crippen LogP contribution in [0.3, 0.4) is 0 Å². The Morgan fingerprint density at radius 3 is 2.60 bits per heavy atom. The van der Waals surface area contributed by atoms with Gasteiger partial charge in [0.1, 0.15) is 4.90 Å². The molecule has 0 aliphatic carbocycles. The van der Waals surface area contributed by atoms with Crippen molar-refractivity contribution in [2.24, 2.45) is 5.41 Å². The molecule has 1 aromatic rings. The van der Waals surface area contributed by atoms with E-state index in [9.17, 15) is 8.42 Å². The van der Waals surface area contributed by atoms with E-state index < -0.39 is 9.05 Å². The van der Waals surface area contributed by atoms with Gasteiger partial charge in [0.05, 0.1) is 11.9 Å². The topological polar surface area (TPSA) is 62.8 Å². The second-order valence-corrected chi connectivity index (χ2v) is 6.88. The third kappa shape index (κ3) is 3.21. The molecule has 15 heavy (non-hydrogen) atoms. The molecule has 0 spiro atoms. The Morgan fingerprint density at radius 1 is 1.53 bits per heavy atom. The first-order chi connectivity index (χ1) is 6.76. The molecular weight excluding hydrogens is 236 g/mol. The minimum atomic E-state index is -3.69. The minimum Gasteiger partial charge on any atom is -0.281 e. The van der Waals surface area contributed by atoms with E-state index in [2.05, 4.69) is 31.0 Å². The van der Waals surface area contributed by atoms with Gasteiger partial charge in [-0.05, 0) is 11.8 Å². The lowest BCUT2D eigenvalue weighted by molar-refractivity contribution is 0.343. The molecule has 0 aliphatic rings. The summed E-state index contributed by atoms with van der Waals surface area (Å²) in [5, 5.41) is 6.41. The van der Waals surface area contributed by atoms with Crippen molar-refractivity contribution in [1.82, 2.24) is 10.2 Å². The number of nitrogens with one attached hydrogen (secondary N) is 1. The van der Waals surface area contributed by atoms with E-state index in [1.165, 1.54) is 6.20 Å². The average Bonchev–Trinajstić information content (AvgIpc) is 2.50. The largest absolute Gasteiger partial charge is 0.281 e. The number of halogens is 1. The zero-order valence-corrected chi connectivity index (χ0v) is 10.6. The zero-order chi connectivity index (χ0) is 11.7. The molecule has 6 heteroatoms. The summed E-state index contributed by atoms with van der Waals surface area (Å²) >= 11 is 0. The summed E-state index contributed by atoms with van der Waals surface area (Å²) in [5.74, 6) is 0. The van der Waals surface area contributed by atoms with Crippen LogP contribution in [0, 0.1) is 5.41 Å². The lowest BCUT2D eigenvalue weighted by atomic mass is 9.85. The van der Waals surface area contributed by atoms with E-state index in [0.717, 1.165) is 6.42 Å². The Balaban J connectivity index is 3.03. The molecule has 0 aromatic carbocycles. The molecule has 1 rings (SSSR count). The molecule has 0 saturated carbocycles. The first-order valence-corrected chi connectivity index (χ1v) is 7.04. The molecule has 1 N–H and O–H groups in total. The molecule has 0 atom stereocenters. The summed E-state index contributed by atoms with van der Waals surface area (Å²) in [5.41, 5.74) is 0.611. The maximum Gasteiger partial charge on any atom is 0.264 e. The number of H-pyrrole nitrogens is 1. The van der Waals surface area contributed by atoms with Crippen LogP contribution in [-0.4, -0.2) is 18.6 Å². The minimum absolute atomic E-state index is 0.0306. The molecule has 4 nitrogen and oxygen atoms in total. The number of hydrogen-bond donors (Lipinski definition) is 1. The molecule has 0 bridgehead atoms. The fraction of sp³-hybridized carbons (Fsp3) is 0.667. The summed E-state index contributed by atoms with van der Waals surface area (Å²) in [6, 6.07) is 0. The standard InChI is InChI=1S/C9H15ClN2O2S/c1-4-9(2,3)5-7-8(6-11-12-7)15(10,13)14/h6H,4-5H2,1-3H3,(H,11,12). The maximum atomic E-state index is 11.2. The molecule has 0 amide bonds. The van der Waals surface area contributed by atoms with Crippen LogP contribution in [0.15, 0.2) is 11.1 Å². The van der Waals surface area contributed by atoms with Crippen LogP contribution in [0.2, 0.25) is 0 Å². The lowest BCUT2D eigenvalue weighted by Gasteiger charge is -2.21. The van der Waals surface area contributed by atoms with Gasteiger partial charge in [-0.2, -0.15) is 5.10 Å². The van der Waals surface area contributed by atoms with Crippen LogP contribution in [-0.2, 0) is 15.5 Å².